The molecule has 0 aliphatic carbocycles. The molecule has 150 valence electrons. The van der Waals surface area contributed by atoms with Gasteiger partial charge in [-0.15, -0.1) is 5.06 Å². The lowest BCUT2D eigenvalue weighted by Gasteiger charge is -2.41. The highest BCUT2D eigenvalue weighted by atomic mass is 79.9. The van der Waals surface area contributed by atoms with Gasteiger partial charge in [-0.25, -0.2) is 9.18 Å². The minimum Gasteiger partial charge on any atom is -0.367 e. The van der Waals surface area contributed by atoms with Gasteiger partial charge >= 0.3 is 5.97 Å². The van der Waals surface area contributed by atoms with Crippen molar-refractivity contribution in [2.75, 3.05) is 19.6 Å². The van der Waals surface area contributed by atoms with Gasteiger partial charge in [0.25, 0.3) is 0 Å². The Labute approximate surface area is 173 Å². The lowest BCUT2D eigenvalue weighted by molar-refractivity contribution is -0.212. The number of hydrogen-bond acceptors (Lipinski definition) is 5. The maximum absolute atomic E-state index is 13.4. The van der Waals surface area contributed by atoms with E-state index in [1.807, 2.05) is 33.0 Å². The normalized spacial score (nSPS) is 18.8. The van der Waals surface area contributed by atoms with Crippen LogP contribution in [0.15, 0.2) is 47.2 Å². The zero-order valence-electron chi connectivity index (χ0n) is 16.4. The average molecular weight is 450 g/mol. The number of carbonyl (C=O) groups excluding carboxylic acids is 1. The van der Waals surface area contributed by atoms with Crippen LogP contribution in [0.3, 0.4) is 0 Å². The number of hydrogen-bond donors (Lipinski definition) is 0. The van der Waals surface area contributed by atoms with E-state index in [0.29, 0.717) is 26.2 Å². The van der Waals surface area contributed by atoms with Gasteiger partial charge in [0.15, 0.2) is 0 Å². The van der Waals surface area contributed by atoms with Gasteiger partial charge < -0.3 is 4.84 Å². The zero-order valence-corrected chi connectivity index (χ0v) is 17.9. The molecule has 7 heteroatoms. The van der Waals surface area contributed by atoms with E-state index >= 15 is 0 Å². The Hall–Kier alpha value is -1.83. The number of aromatic nitrogens is 1. The van der Waals surface area contributed by atoms with E-state index < -0.39 is 5.41 Å². The summed E-state index contributed by atoms with van der Waals surface area (Å²) in [5, 5.41) is 1.72. The van der Waals surface area contributed by atoms with Crippen molar-refractivity contribution in [3.63, 3.8) is 0 Å². The number of rotatable bonds is 4. The van der Waals surface area contributed by atoms with E-state index in [4.69, 9.17) is 4.84 Å². The third-order valence-corrected chi connectivity index (χ3v) is 5.11. The third-order valence-electron chi connectivity index (χ3n) is 4.68. The molecule has 1 aromatic carbocycles. The van der Waals surface area contributed by atoms with E-state index in [1.165, 1.54) is 12.1 Å². The van der Waals surface area contributed by atoms with Crippen LogP contribution in [0.2, 0.25) is 0 Å². The molecular weight excluding hydrogens is 425 g/mol. The first-order valence-corrected chi connectivity index (χ1v) is 10.1. The van der Waals surface area contributed by atoms with Gasteiger partial charge in [-0.05, 0) is 66.0 Å². The van der Waals surface area contributed by atoms with Gasteiger partial charge in [0.1, 0.15) is 5.82 Å². The molecule has 1 atom stereocenters. The third kappa shape index (κ3) is 5.37. The summed E-state index contributed by atoms with van der Waals surface area (Å²) in [4.78, 5) is 24.5. The maximum atomic E-state index is 13.4. The van der Waals surface area contributed by atoms with Crippen molar-refractivity contribution < 1.29 is 14.0 Å². The number of piperazine rings is 1. The van der Waals surface area contributed by atoms with Gasteiger partial charge in [-0.2, -0.15) is 0 Å². The smallest absolute Gasteiger partial charge is 0.330 e. The molecule has 28 heavy (non-hydrogen) atoms. The van der Waals surface area contributed by atoms with Crippen molar-refractivity contribution in [3.8, 4) is 0 Å². The van der Waals surface area contributed by atoms with Crippen molar-refractivity contribution in [1.82, 2.24) is 14.9 Å². The van der Waals surface area contributed by atoms with Crippen LogP contribution in [0, 0.1) is 11.2 Å². The van der Waals surface area contributed by atoms with Crippen molar-refractivity contribution in [2.45, 2.75) is 33.4 Å². The number of nitrogens with zero attached hydrogens (tertiary/aromatic N) is 3. The Morgan fingerprint density at radius 2 is 1.96 bits per heavy atom. The SMILES string of the molecule is CC(C)(C)C(=O)ON1CCN(Cc2cncc(Br)c2)C(c2ccc(F)cc2)C1. The lowest BCUT2D eigenvalue weighted by Crippen LogP contribution is -2.49. The first-order valence-electron chi connectivity index (χ1n) is 9.28. The Bertz CT molecular complexity index is 823. The Balaban J connectivity index is 1.79. The Kier molecular flexibility index (Phi) is 6.47. The second kappa shape index (κ2) is 8.68. The van der Waals surface area contributed by atoms with E-state index in [9.17, 15) is 9.18 Å². The van der Waals surface area contributed by atoms with Crippen LogP contribution in [-0.4, -0.2) is 40.6 Å². The summed E-state index contributed by atoms with van der Waals surface area (Å²) in [5.74, 6) is -0.520. The number of pyridine rings is 1. The fourth-order valence-corrected chi connectivity index (χ4v) is 3.51. The van der Waals surface area contributed by atoms with Crippen molar-refractivity contribution >= 4 is 21.9 Å². The van der Waals surface area contributed by atoms with Crippen LogP contribution in [-0.2, 0) is 16.2 Å². The van der Waals surface area contributed by atoms with Crippen LogP contribution in [0.4, 0.5) is 4.39 Å². The predicted molar refractivity (Wildman–Crippen MR) is 109 cm³/mol. The summed E-state index contributed by atoms with van der Waals surface area (Å²) < 4.78 is 14.3. The number of carbonyl (C=O) groups is 1. The molecule has 1 aromatic heterocycles. The second-order valence-corrected chi connectivity index (χ2v) is 8.98. The van der Waals surface area contributed by atoms with Crippen molar-refractivity contribution in [3.05, 3.63) is 64.1 Å². The average Bonchev–Trinajstić information content (AvgIpc) is 2.63. The summed E-state index contributed by atoms with van der Waals surface area (Å²) in [6.45, 7) is 8.06. The fourth-order valence-electron chi connectivity index (χ4n) is 3.10. The molecule has 0 radical (unpaired) electrons. The molecule has 0 amide bonds. The first-order chi connectivity index (χ1) is 13.2. The summed E-state index contributed by atoms with van der Waals surface area (Å²) >= 11 is 3.46. The van der Waals surface area contributed by atoms with Gasteiger partial charge in [-0.1, -0.05) is 12.1 Å². The largest absolute Gasteiger partial charge is 0.367 e. The van der Waals surface area contributed by atoms with E-state index in [2.05, 4.69) is 25.8 Å². The molecule has 0 bridgehead atoms. The van der Waals surface area contributed by atoms with Crippen LogP contribution in [0.25, 0.3) is 0 Å². The summed E-state index contributed by atoms with van der Waals surface area (Å²) in [7, 11) is 0. The molecule has 0 saturated carbocycles. The van der Waals surface area contributed by atoms with Crippen LogP contribution in [0.1, 0.15) is 37.9 Å². The minimum absolute atomic E-state index is 0.0268. The Morgan fingerprint density at radius 3 is 2.61 bits per heavy atom. The van der Waals surface area contributed by atoms with Crippen LogP contribution < -0.4 is 0 Å². The first kappa shape index (κ1) is 20.9. The molecule has 0 N–H and O–H groups in total. The van der Waals surface area contributed by atoms with Crippen LogP contribution in [0.5, 0.6) is 0 Å². The van der Waals surface area contributed by atoms with E-state index in [1.54, 1.807) is 23.4 Å². The second-order valence-electron chi connectivity index (χ2n) is 8.07. The Morgan fingerprint density at radius 1 is 1.25 bits per heavy atom. The molecular formula is C21H25BrFN3O2. The van der Waals surface area contributed by atoms with Gasteiger partial charge in [-0.3, -0.25) is 9.88 Å². The van der Waals surface area contributed by atoms with E-state index in [0.717, 1.165) is 15.6 Å². The maximum Gasteiger partial charge on any atom is 0.330 e. The van der Waals surface area contributed by atoms with Crippen molar-refractivity contribution in [2.24, 2.45) is 5.41 Å². The molecule has 1 aliphatic rings. The van der Waals surface area contributed by atoms with Gasteiger partial charge in [0.2, 0.25) is 0 Å². The molecule has 0 spiro atoms. The zero-order chi connectivity index (χ0) is 20.3. The van der Waals surface area contributed by atoms with Gasteiger partial charge in [0, 0.05) is 36.5 Å². The quantitative estimate of drug-likeness (QED) is 0.694. The molecule has 2 aromatic rings. The molecule has 1 unspecified atom stereocenters. The molecule has 2 heterocycles. The number of benzene rings is 1. The highest BCUT2D eigenvalue weighted by molar-refractivity contribution is 9.10. The monoisotopic (exact) mass is 449 g/mol. The number of hydroxylamine groups is 2. The minimum atomic E-state index is -0.565. The van der Waals surface area contributed by atoms with Crippen molar-refractivity contribution in [1.29, 1.82) is 0 Å². The molecule has 1 fully saturated rings. The molecule has 1 aliphatic heterocycles. The molecule has 1 saturated heterocycles. The van der Waals surface area contributed by atoms with E-state index in [-0.39, 0.29) is 17.8 Å². The van der Waals surface area contributed by atoms with Gasteiger partial charge in [0.05, 0.1) is 18.0 Å². The predicted octanol–water partition coefficient (Wildman–Crippen LogP) is 4.35. The summed E-state index contributed by atoms with van der Waals surface area (Å²) in [6, 6.07) is 8.53. The van der Waals surface area contributed by atoms with Crippen LogP contribution >= 0.6 is 15.9 Å². The standard InChI is InChI=1S/C21H25BrFN3O2/c1-21(2,3)20(27)28-26-9-8-25(13-15-10-17(22)12-24-11-15)19(14-26)16-4-6-18(23)7-5-16/h4-7,10-12,19H,8-9,13-14H2,1-3H3. The number of halogens is 2. The fraction of sp³-hybridized carbons (Fsp3) is 0.429. The summed E-state index contributed by atoms with van der Waals surface area (Å²) in [6.07, 6.45) is 3.60. The molecule has 3 rings (SSSR count). The lowest BCUT2D eigenvalue weighted by atomic mass is 9.97. The highest BCUT2D eigenvalue weighted by Crippen LogP contribution is 2.29. The molecule has 5 nitrogen and oxygen atoms in total. The summed E-state index contributed by atoms with van der Waals surface area (Å²) in [5.41, 5.74) is 1.51. The highest BCUT2D eigenvalue weighted by Gasteiger charge is 2.33. The topological polar surface area (TPSA) is 45.7 Å².